The predicted octanol–water partition coefficient (Wildman–Crippen LogP) is 0.824. The summed E-state index contributed by atoms with van der Waals surface area (Å²) in [5, 5.41) is 1.81. The highest BCUT2D eigenvalue weighted by Crippen LogP contribution is 2.01. The first-order chi connectivity index (χ1) is 5.15. The molecule has 0 radical (unpaired) electrons. The van der Waals surface area contributed by atoms with Gasteiger partial charge in [0.05, 0.1) is 7.11 Å². The monoisotopic (exact) mass is 148 g/mol. The van der Waals surface area contributed by atoms with E-state index >= 15 is 0 Å². The first kappa shape index (κ1) is 7.86. The average molecular weight is 148 g/mol. The minimum Gasteiger partial charge on any atom is -0.496 e. The van der Waals surface area contributed by atoms with E-state index in [9.17, 15) is 0 Å². The SMILES string of the molecule is C=c1cc(C)cc(OC)c1=C. The van der Waals surface area contributed by atoms with Crippen LogP contribution in [0.1, 0.15) is 5.56 Å². The molecule has 0 fully saturated rings. The molecule has 1 aromatic carbocycles. The summed E-state index contributed by atoms with van der Waals surface area (Å²) in [5.74, 6) is 0.815. The first-order valence-corrected chi connectivity index (χ1v) is 3.47. The van der Waals surface area contributed by atoms with E-state index in [4.69, 9.17) is 4.74 Å². The van der Waals surface area contributed by atoms with Gasteiger partial charge in [-0.1, -0.05) is 19.2 Å². The molecule has 1 rings (SSSR count). The highest BCUT2D eigenvalue weighted by Gasteiger charge is 1.93. The minimum atomic E-state index is 0.815. The highest BCUT2D eigenvalue weighted by molar-refractivity contribution is 5.33. The Morgan fingerprint density at radius 2 is 1.91 bits per heavy atom. The zero-order chi connectivity index (χ0) is 8.43. The average Bonchev–Trinajstić information content (AvgIpc) is 1.96. The molecule has 0 saturated carbocycles. The molecule has 0 amide bonds. The standard InChI is InChI=1S/C10H12O/c1-7-5-8(2)9(3)10(6-7)11-4/h5-6H,2-3H2,1,4H3. The van der Waals surface area contributed by atoms with Crippen LogP contribution in [0, 0.1) is 6.92 Å². The topological polar surface area (TPSA) is 9.23 Å². The van der Waals surface area contributed by atoms with Gasteiger partial charge in [0.2, 0.25) is 0 Å². The van der Waals surface area contributed by atoms with Crippen molar-refractivity contribution < 1.29 is 4.74 Å². The van der Waals surface area contributed by atoms with Gasteiger partial charge < -0.3 is 4.74 Å². The van der Waals surface area contributed by atoms with Crippen molar-refractivity contribution in [2.45, 2.75) is 6.92 Å². The predicted molar refractivity (Wildman–Crippen MR) is 48.0 cm³/mol. The Hall–Kier alpha value is -1.24. The van der Waals surface area contributed by atoms with Crippen LogP contribution in [0.15, 0.2) is 12.1 Å². The summed E-state index contributed by atoms with van der Waals surface area (Å²) < 4.78 is 5.10. The van der Waals surface area contributed by atoms with E-state index in [1.807, 2.05) is 19.1 Å². The number of ether oxygens (including phenoxy) is 1. The van der Waals surface area contributed by atoms with Crippen molar-refractivity contribution in [3.63, 3.8) is 0 Å². The van der Waals surface area contributed by atoms with Gasteiger partial charge in [-0.3, -0.25) is 0 Å². The molecular formula is C10H12O. The van der Waals surface area contributed by atoms with Crippen LogP contribution in [-0.2, 0) is 0 Å². The highest BCUT2D eigenvalue weighted by atomic mass is 16.5. The van der Waals surface area contributed by atoms with Gasteiger partial charge in [0.25, 0.3) is 0 Å². The summed E-state index contributed by atoms with van der Waals surface area (Å²) in [6, 6.07) is 3.95. The summed E-state index contributed by atoms with van der Waals surface area (Å²) in [6.07, 6.45) is 0. The Balaban J connectivity index is 3.49. The van der Waals surface area contributed by atoms with Crippen LogP contribution < -0.4 is 15.2 Å². The van der Waals surface area contributed by atoms with Gasteiger partial charge in [-0.2, -0.15) is 0 Å². The molecule has 0 aliphatic carbocycles. The first-order valence-electron chi connectivity index (χ1n) is 3.47. The van der Waals surface area contributed by atoms with E-state index in [2.05, 4.69) is 13.2 Å². The van der Waals surface area contributed by atoms with Gasteiger partial charge in [-0.15, -0.1) is 0 Å². The van der Waals surface area contributed by atoms with Gasteiger partial charge in [0, 0.05) is 5.22 Å². The second-order valence-corrected chi connectivity index (χ2v) is 2.60. The largest absolute Gasteiger partial charge is 0.496 e. The van der Waals surface area contributed by atoms with Crippen molar-refractivity contribution in [1.82, 2.24) is 0 Å². The van der Waals surface area contributed by atoms with Crippen LogP contribution in [0.5, 0.6) is 5.75 Å². The summed E-state index contributed by atoms with van der Waals surface area (Å²) >= 11 is 0. The number of rotatable bonds is 1. The fraction of sp³-hybridized carbons (Fsp3) is 0.200. The third-order valence-corrected chi connectivity index (χ3v) is 1.67. The molecule has 0 aliphatic rings. The maximum Gasteiger partial charge on any atom is 0.126 e. The summed E-state index contributed by atoms with van der Waals surface area (Å²) in [6.45, 7) is 9.70. The zero-order valence-corrected chi connectivity index (χ0v) is 6.98. The van der Waals surface area contributed by atoms with Gasteiger partial charge in [-0.25, -0.2) is 0 Å². The quantitative estimate of drug-likeness (QED) is 0.573. The van der Waals surface area contributed by atoms with E-state index in [-0.39, 0.29) is 0 Å². The molecule has 0 atom stereocenters. The lowest BCUT2D eigenvalue weighted by Crippen LogP contribution is -2.23. The van der Waals surface area contributed by atoms with E-state index in [1.165, 1.54) is 0 Å². The molecule has 0 spiro atoms. The molecule has 0 unspecified atom stereocenters. The number of hydrogen-bond donors (Lipinski definition) is 0. The molecule has 11 heavy (non-hydrogen) atoms. The smallest absolute Gasteiger partial charge is 0.126 e. The lowest BCUT2D eigenvalue weighted by atomic mass is 10.2. The Labute approximate surface area is 66.6 Å². The Morgan fingerprint density at radius 3 is 2.45 bits per heavy atom. The van der Waals surface area contributed by atoms with Gasteiger partial charge in [0.15, 0.2) is 0 Å². The molecule has 1 aromatic rings. The molecule has 0 aliphatic heterocycles. The Morgan fingerprint density at radius 1 is 1.27 bits per heavy atom. The van der Waals surface area contributed by atoms with E-state index in [0.29, 0.717) is 0 Å². The number of methoxy groups -OCH3 is 1. The van der Waals surface area contributed by atoms with Crippen molar-refractivity contribution in [2.24, 2.45) is 0 Å². The molecule has 0 aromatic heterocycles. The van der Waals surface area contributed by atoms with Crippen LogP contribution >= 0.6 is 0 Å². The second kappa shape index (κ2) is 2.79. The molecular weight excluding hydrogens is 136 g/mol. The van der Waals surface area contributed by atoms with Crippen LogP contribution in [0.25, 0.3) is 13.2 Å². The maximum absolute atomic E-state index is 5.10. The fourth-order valence-corrected chi connectivity index (χ4v) is 1.04. The van der Waals surface area contributed by atoms with Crippen molar-refractivity contribution in [1.29, 1.82) is 0 Å². The summed E-state index contributed by atoms with van der Waals surface area (Å²) in [5.41, 5.74) is 1.15. The van der Waals surface area contributed by atoms with Gasteiger partial charge in [0.1, 0.15) is 5.75 Å². The van der Waals surface area contributed by atoms with Crippen LogP contribution in [0.4, 0.5) is 0 Å². The summed E-state index contributed by atoms with van der Waals surface area (Å²) in [7, 11) is 1.64. The van der Waals surface area contributed by atoms with Gasteiger partial charge >= 0.3 is 0 Å². The van der Waals surface area contributed by atoms with E-state index in [0.717, 1.165) is 21.8 Å². The molecule has 0 bridgehead atoms. The molecule has 1 heteroatoms. The molecule has 1 nitrogen and oxygen atoms in total. The molecule has 0 saturated heterocycles. The normalized spacial score (nSPS) is 9.64. The number of benzene rings is 1. The fourth-order valence-electron chi connectivity index (χ4n) is 1.04. The maximum atomic E-state index is 5.10. The second-order valence-electron chi connectivity index (χ2n) is 2.60. The van der Waals surface area contributed by atoms with Crippen LogP contribution in [0.2, 0.25) is 0 Å². The molecule has 58 valence electrons. The zero-order valence-electron chi connectivity index (χ0n) is 6.98. The molecule has 0 heterocycles. The van der Waals surface area contributed by atoms with Crippen molar-refractivity contribution in [3.8, 4) is 5.75 Å². The number of aryl methyl sites for hydroxylation is 1. The van der Waals surface area contributed by atoms with Crippen molar-refractivity contribution in [3.05, 3.63) is 28.1 Å². The van der Waals surface area contributed by atoms with Crippen LogP contribution in [-0.4, -0.2) is 7.11 Å². The van der Waals surface area contributed by atoms with E-state index < -0.39 is 0 Å². The molecule has 0 N–H and O–H groups in total. The third-order valence-electron chi connectivity index (χ3n) is 1.67. The summed E-state index contributed by atoms with van der Waals surface area (Å²) in [4.78, 5) is 0. The minimum absolute atomic E-state index is 0.815. The number of hydrogen-bond acceptors (Lipinski definition) is 1. The third kappa shape index (κ3) is 1.43. The Bertz CT molecular complexity index is 352. The van der Waals surface area contributed by atoms with Crippen molar-refractivity contribution >= 4 is 13.2 Å². The van der Waals surface area contributed by atoms with Gasteiger partial charge in [-0.05, 0) is 23.8 Å². The Kier molecular flexibility index (Phi) is 1.99. The van der Waals surface area contributed by atoms with Crippen molar-refractivity contribution in [2.75, 3.05) is 7.11 Å². The lowest BCUT2D eigenvalue weighted by Gasteiger charge is -2.01. The lowest BCUT2D eigenvalue weighted by molar-refractivity contribution is 0.411. The van der Waals surface area contributed by atoms with E-state index in [1.54, 1.807) is 7.11 Å². The van der Waals surface area contributed by atoms with Crippen LogP contribution in [0.3, 0.4) is 0 Å².